The maximum atomic E-state index is 11.5. The number of sulfonamides is 1. The maximum absolute atomic E-state index is 11.5. The fourth-order valence-corrected chi connectivity index (χ4v) is 3.54. The summed E-state index contributed by atoms with van der Waals surface area (Å²) >= 11 is 0. The number of benzene rings is 2. The Morgan fingerprint density at radius 1 is 1.00 bits per heavy atom. The van der Waals surface area contributed by atoms with E-state index >= 15 is 0 Å². The highest BCUT2D eigenvalue weighted by molar-refractivity contribution is 7.92. The van der Waals surface area contributed by atoms with Crippen molar-refractivity contribution < 1.29 is 8.42 Å². The number of rotatable bonds is 4. The van der Waals surface area contributed by atoms with Gasteiger partial charge in [-0.2, -0.15) is 0 Å². The van der Waals surface area contributed by atoms with Gasteiger partial charge in [0.2, 0.25) is 10.0 Å². The normalized spacial score (nSPS) is 12.5. The van der Waals surface area contributed by atoms with Crippen molar-refractivity contribution in [1.82, 2.24) is 4.98 Å². The van der Waals surface area contributed by atoms with E-state index in [1.807, 2.05) is 36.5 Å². The monoisotopic (exact) mass is 328 g/mol. The number of nitrogens with one attached hydrogen (secondary N) is 2. The van der Waals surface area contributed by atoms with E-state index in [1.54, 1.807) is 6.07 Å². The van der Waals surface area contributed by atoms with Crippen LogP contribution in [-0.4, -0.2) is 19.7 Å². The largest absolute Gasteiger partial charge is 0.359 e. The van der Waals surface area contributed by atoms with Gasteiger partial charge in [-0.3, -0.25) is 4.72 Å². The van der Waals surface area contributed by atoms with Crippen LogP contribution in [0.1, 0.15) is 25.0 Å². The highest BCUT2D eigenvalue weighted by Gasteiger charge is 2.26. The minimum absolute atomic E-state index is 0.191. The van der Waals surface area contributed by atoms with E-state index in [2.05, 4.69) is 35.7 Å². The highest BCUT2D eigenvalue weighted by Crippen LogP contribution is 2.37. The lowest BCUT2D eigenvalue weighted by Crippen LogP contribution is -2.18. The minimum Gasteiger partial charge on any atom is -0.359 e. The first-order chi connectivity index (χ1) is 10.8. The molecule has 0 aliphatic rings. The maximum Gasteiger partial charge on any atom is 0.229 e. The minimum atomic E-state index is -3.32. The highest BCUT2D eigenvalue weighted by atomic mass is 32.2. The molecule has 1 heterocycles. The summed E-state index contributed by atoms with van der Waals surface area (Å²) in [6.45, 7) is 4.34. The molecule has 2 N–H and O–H groups in total. The summed E-state index contributed by atoms with van der Waals surface area (Å²) in [4.78, 5) is 3.23. The van der Waals surface area contributed by atoms with Crippen molar-refractivity contribution in [2.24, 2.45) is 0 Å². The summed E-state index contributed by atoms with van der Waals surface area (Å²) in [7, 11) is -3.32. The fourth-order valence-electron chi connectivity index (χ4n) is 2.97. The van der Waals surface area contributed by atoms with E-state index in [9.17, 15) is 8.42 Å². The van der Waals surface area contributed by atoms with Gasteiger partial charge in [0, 0.05) is 17.0 Å². The summed E-state index contributed by atoms with van der Waals surface area (Å²) in [6, 6.07) is 15.9. The predicted octanol–water partition coefficient (Wildman–Crippen LogP) is 3.87. The molecule has 3 rings (SSSR count). The molecule has 0 amide bonds. The SMILES string of the molecule is CC(C)(c1ccccc1)c1c[nH]c2c(NS(C)(=O)=O)cccc12. The van der Waals surface area contributed by atoms with Gasteiger partial charge >= 0.3 is 0 Å². The Labute approximate surface area is 136 Å². The second-order valence-electron chi connectivity index (χ2n) is 6.30. The standard InChI is InChI=1S/C18H20N2O2S/c1-18(2,13-8-5-4-6-9-13)15-12-19-17-14(15)10-7-11-16(17)20-23(3,21)22/h4-12,19-20H,1-3H3. The molecule has 0 saturated heterocycles. The molecule has 0 aliphatic carbocycles. The molecule has 0 aliphatic heterocycles. The van der Waals surface area contributed by atoms with Crippen molar-refractivity contribution in [3.8, 4) is 0 Å². The van der Waals surface area contributed by atoms with Crippen LogP contribution in [-0.2, 0) is 15.4 Å². The number of fused-ring (bicyclic) bond motifs is 1. The van der Waals surface area contributed by atoms with E-state index in [1.165, 1.54) is 5.56 Å². The molecule has 3 aromatic rings. The Kier molecular flexibility index (Phi) is 3.68. The molecule has 1 aromatic heterocycles. The number of H-pyrrole nitrogens is 1. The smallest absolute Gasteiger partial charge is 0.229 e. The molecule has 0 saturated carbocycles. The second-order valence-corrected chi connectivity index (χ2v) is 8.04. The molecule has 4 nitrogen and oxygen atoms in total. The number of hydrogen-bond donors (Lipinski definition) is 2. The summed E-state index contributed by atoms with van der Waals surface area (Å²) in [5.74, 6) is 0. The van der Waals surface area contributed by atoms with Gasteiger partial charge in [0.25, 0.3) is 0 Å². The first-order valence-corrected chi connectivity index (χ1v) is 9.32. The van der Waals surface area contributed by atoms with Crippen molar-refractivity contribution in [3.63, 3.8) is 0 Å². The molecule has 0 spiro atoms. The average molecular weight is 328 g/mol. The number of hydrogen-bond acceptors (Lipinski definition) is 2. The lowest BCUT2D eigenvalue weighted by atomic mass is 9.78. The molecular formula is C18H20N2O2S. The van der Waals surface area contributed by atoms with Gasteiger partial charge in [-0.1, -0.05) is 56.3 Å². The van der Waals surface area contributed by atoms with Crippen LogP contribution in [0, 0.1) is 0 Å². The third-order valence-electron chi connectivity index (χ3n) is 4.18. The van der Waals surface area contributed by atoms with Crippen LogP contribution in [0.15, 0.2) is 54.7 Å². The van der Waals surface area contributed by atoms with Gasteiger partial charge in [0.1, 0.15) is 0 Å². The van der Waals surface area contributed by atoms with Crippen LogP contribution in [0.5, 0.6) is 0 Å². The van der Waals surface area contributed by atoms with Gasteiger partial charge in [-0.25, -0.2) is 8.42 Å². The summed E-state index contributed by atoms with van der Waals surface area (Å²) < 4.78 is 25.7. The van der Waals surface area contributed by atoms with Crippen LogP contribution in [0.25, 0.3) is 10.9 Å². The Morgan fingerprint density at radius 2 is 1.70 bits per heavy atom. The zero-order valence-corrected chi connectivity index (χ0v) is 14.2. The van der Waals surface area contributed by atoms with Crippen LogP contribution in [0.4, 0.5) is 5.69 Å². The Hall–Kier alpha value is -2.27. The van der Waals surface area contributed by atoms with Gasteiger partial charge in [0.05, 0.1) is 17.5 Å². The Morgan fingerprint density at radius 3 is 2.35 bits per heavy atom. The van der Waals surface area contributed by atoms with Gasteiger partial charge < -0.3 is 4.98 Å². The third-order valence-corrected chi connectivity index (χ3v) is 4.77. The summed E-state index contributed by atoms with van der Waals surface area (Å²) in [5.41, 5.74) is 3.53. The van der Waals surface area contributed by atoms with Crippen molar-refractivity contribution in [1.29, 1.82) is 0 Å². The Balaban J connectivity index is 2.16. The second kappa shape index (κ2) is 5.42. The molecule has 2 aromatic carbocycles. The number of anilines is 1. The molecular weight excluding hydrogens is 308 g/mol. The first kappa shape index (κ1) is 15.6. The molecule has 23 heavy (non-hydrogen) atoms. The number of para-hydroxylation sites is 1. The van der Waals surface area contributed by atoms with E-state index in [4.69, 9.17) is 0 Å². The van der Waals surface area contributed by atoms with Crippen molar-refractivity contribution in [2.45, 2.75) is 19.3 Å². The van der Waals surface area contributed by atoms with E-state index in [0.717, 1.165) is 22.7 Å². The molecule has 0 unspecified atom stereocenters. The van der Waals surface area contributed by atoms with Crippen LogP contribution in [0.3, 0.4) is 0 Å². The van der Waals surface area contributed by atoms with E-state index < -0.39 is 10.0 Å². The quantitative estimate of drug-likeness (QED) is 0.764. The molecule has 0 bridgehead atoms. The zero-order chi connectivity index (χ0) is 16.7. The van der Waals surface area contributed by atoms with E-state index in [-0.39, 0.29) is 5.41 Å². The predicted molar refractivity (Wildman–Crippen MR) is 95.3 cm³/mol. The average Bonchev–Trinajstić information content (AvgIpc) is 2.92. The molecule has 120 valence electrons. The number of aromatic nitrogens is 1. The van der Waals surface area contributed by atoms with Gasteiger partial charge in [-0.15, -0.1) is 0 Å². The van der Waals surface area contributed by atoms with Crippen LogP contribution < -0.4 is 4.72 Å². The van der Waals surface area contributed by atoms with Gasteiger partial charge in [0.15, 0.2) is 0 Å². The molecule has 0 atom stereocenters. The zero-order valence-electron chi connectivity index (χ0n) is 13.4. The molecule has 0 radical (unpaired) electrons. The first-order valence-electron chi connectivity index (χ1n) is 7.43. The van der Waals surface area contributed by atoms with Crippen molar-refractivity contribution in [2.75, 3.05) is 11.0 Å². The van der Waals surface area contributed by atoms with Crippen molar-refractivity contribution >= 4 is 26.6 Å². The lowest BCUT2D eigenvalue weighted by Gasteiger charge is -2.25. The topological polar surface area (TPSA) is 62.0 Å². The molecule has 0 fully saturated rings. The fraction of sp³-hybridized carbons (Fsp3) is 0.222. The summed E-state index contributed by atoms with van der Waals surface area (Å²) in [6.07, 6.45) is 3.12. The van der Waals surface area contributed by atoms with Gasteiger partial charge in [-0.05, 0) is 17.2 Å². The van der Waals surface area contributed by atoms with Crippen LogP contribution >= 0.6 is 0 Å². The third kappa shape index (κ3) is 2.97. The number of aromatic amines is 1. The molecule has 5 heteroatoms. The lowest BCUT2D eigenvalue weighted by molar-refractivity contribution is 0.607. The van der Waals surface area contributed by atoms with Crippen LogP contribution in [0.2, 0.25) is 0 Å². The Bertz CT molecular complexity index is 942. The van der Waals surface area contributed by atoms with E-state index in [0.29, 0.717) is 5.69 Å². The summed E-state index contributed by atoms with van der Waals surface area (Å²) in [5, 5.41) is 1.02. The van der Waals surface area contributed by atoms with Crippen molar-refractivity contribution in [3.05, 3.63) is 65.9 Å².